The van der Waals surface area contributed by atoms with Crippen molar-refractivity contribution in [2.75, 3.05) is 18.8 Å². The zero-order valence-electron chi connectivity index (χ0n) is 9.63. The Morgan fingerprint density at radius 3 is 2.29 bits per heavy atom. The van der Waals surface area contributed by atoms with Gasteiger partial charge < -0.3 is 9.66 Å². The fourth-order valence-corrected chi connectivity index (χ4v) is 3.40. The lowest BCUT2D eigenvalue weighted by Gasteiger charge is -2.29. The Labute approximate surface area is 103 Å². The minimum absolute atomic E-state index is 0.305. The summed E-state index contributed by atoms with van der Waals surface area (Å²) in [6, 6.07) is 0. The van der Waals surface area contributed by atoms with Crippen molar-refractivity contribution in [1.29, 1.82) is 0 Å². The summed E-state index contributed by atoms with van der Waals surface area (Å²) in [5.74, 6) is -0.194. The van der Waals surface area contributed by atoms with Crippen LogP contribution in [0.25, 0.3) is 0 Å². The Bertz CT molecular complexity index is 311. The molecule has 0 bridgehead atoms. The molecule has 6 heteroatoms. The smallest absolute Gasteiger partial charge is 0.429 e. The van der Waals surface area contributed by atoms with Crippen LogP contribution in [0, 0.1) is 11.8 Å². The highest BCUT2D eigenvalue weighted by molar-refractivity contribution is 8.05. The second-order valence-corrected chi connectivity index (χ2v) is 6.19. The minimum Gasteiger partial charge on any atom is -0.608 e. The molecule has 1 heterocycles. The number of amides is 1. The Morgan fingerprint density at radius 1 is 1.24 bits per heavy atom. The van der Waals surface area contributed by atoms with Gasteiger partial charge in [0, 0.05) is 30.2 Å². The topological polar surface area (TPSA) is 80.7 Å². The van der Waals surface area contributed by atoms with Crippen molar-refractivity contribution < 1.29 is 19.2 Å². The van der Waals surface area contributed by atoms with E-state index in [-0.39, 0.29) is 11.2 Å². The lowest BCUT2D eigenvalue weighted by molar-refractivity contribution is -0.143. The summed E-state index contributed by atoms with van der Waals surface area (Å²) in [4.78, 5) is 24.1. The second kappa shape index (κ2) is 5.27. The van der Waals surface area contributed by atoms with Gasteiger partial charge in [0.1, 0.15) is 5.75 Å². The van der Waals surface area contributed by atoms with Crippen LogP contribution in [-0.2, 0) is 16.0 Å². The van der Waals surface area contributed by atoms with Crippen LogP contribution in [0.15, 0.2) is 0 Å². The van der Waals surface area contributed by atoms with Crippen LogP contribution in [0.1, 0.15) is 25.7 Å². The van der Waals surface area contributed by atoms with Gasteiger partial charge >= 0.3 is 11.2 Å². The molecular weight excluding hydrogens is 242 g/mol. The summed E-state index contributed by atoms with van der Waals surface area (Å²) in [5, 5.41) is 8.53. The summed E-state index contributed by atoms with van der Waals surface area (Å²) < 4.78 is 11.7. The first-order chi connectivity index (χ1) is 8.08. The third-order valence-electron chi connectivity index (χ3n) is 3.38. The largest absolute Gasteiger partial charge is 0.608 e. The normalized spacial score (nSPS) is 23.5. The van der Waals surface area contributed by atoms with E-state index in [1.54, 1.807) is 4.90 Å². The third kappa shape index (κ3) is 3.35. The molecule has 1 atom stereocenters. The molecule has 1 N–H and O–H groups in total. The standard InChI is InChI=1S/C11H17NO4S/c13-10(14)9-3-5-12(6-4-9)11(15)17(16)7-8-1-2-8/h8-9H,1-7H2,(H,13,14). The van der Waals surface area contributed by atoms with E-state index in [0.717, 1.165) is 12.8 Å². The number of likely N-dealkylation sites (tertiary alicyclic amines) is 1. The molecule has 1 saturated carbocycles. The number of carbonyl (C=O) groups is 2. The monoisotopic (exact) mass is 259 g/mol. The molecule has 0 aromatic heterocycles. The second-order valence-electron chi connectivity index (χ2n) is 4.82. The van der Waals surface area contributed by atoms with Crippen molar-refractivity contribution in [2.45, 2.75) is 25.7 Å². The molecule has 5 nitrogen and oxygen atoms in total. The number of aliphatic carboxylic acids is 1. The molecule has 96 valence electrons. The molecule has 2 rings (SSSR count). The average Bonchev–Trinajstić information content (AvgIpc) is 3.12. The molecule has 0 aromatic rings. The van der Waals surface area contributed by atoms with Gasteiger partial charge in [0.25, 0.3) is 0 Å². The highest BCUT2D eigenvalue weighted by atomic mass is 32.2. The summed E-state index contributed by atoms with van der Waals surface area (Å²) in [6.45, 7) is 0.846. The van der Waals surface area contributed by atoms with Crippen LogP contribution >= 0.6 is 0 Å². The van der Waals surface area contributed by atoms with Crippen LogP contribution in [0.3, 0.4) is 0 Å². The molecule has 17 heavy (non-hydrogen) atoms. The van der Waals surface area contributed by atoms with Gasteiger partial charge in [-0.2, -0.15) is 0 Å². The molecule has 0 radical (unpaired) electrons. The highest BCUT2D eigenvalue weighted by Crippen LogP contribution is 2.31. The number of carboxylic acid groups (broad SMARTS) is 1. The maximum atomic E-state index is 11.8. The van der Waals surface area contributed by atoms with Crippen LogP contribution in [0.5, 0.6) is 0 Å². The molecule has 1 amide bonds. The quantitative estimate of drug-likeness (QED) is 0.768. The number of carbonyl (C=O) groups excluding carboxylic acids is 1. The van der Waals surface area contributed by atoms with Crippen LogP contribution < -0.4 is 0 Å². The van der Waals surface area contributed by atoms with Gasteiger partial charge in [-0.15, -0.1) is 0 Å². The van der Waals surface area contributed by atoms with E-state index in [1.807, 2.05) is 0 Å². The zero-order valence-corrected chi connectivity index (χ0v) is 10.4. The third-order valence-corrected chi connectivity index (χ3v) is 4.80. The van der Waals surface area contributed by atoms with Gasteiger partial charge in [-0.1, -0.05) is 0 Å². The molecular formula is C11H17NO4S. The predicted molar refractivity (Wildman–Crippen MR) is 63.1 cm³/mol. The van der Waals surface area contributed by atoms with Crippen LogP contribution in [-0.4, -0.2) is 44.6 Å². The van der Waals surface area contributed by atoms with Gasteiger partial charge in [-0.25, -0.2) is 4.79 Å². The minimum atomic E-state index is -1.41. The first-order valence-electron chi connectivity index (χ1n) is 5.98. The number of rotatable bonds is 3. The lowest BCUT2D eigenvalue weighted by Crippen LogP contribution is -2.43. The Balaban J connectivity index is 1.78. The number of hydrogen-bond acceptors (Lipinski definition) is 3. The SMILES string of the molecule is O=C(O)C1CCN(C(=O)[S+]([O-])CC2CC2)CC1. The average molecular weight is 259 g/mol. The van der Waals surface area contributed by atoms with E-state index in [1.165, 1.54) is 0 Å². The van der Waals surface area contributed by atoms with Gasteiger partial charge in [-0.05, 0) is 25.7 Å². The Hall–Kier alpha value is -0.750. The molecule has 1 aliphatic heterocycles. The number of hydrogen-bond donors (Lipinski definition) is 1. The Kier molecular flexibility index (Phi) is 3.93. The number of nitrogens with zero attached hydrogens (tertiary/aromatic N) is 1. The molecule has 2 aliphatic rings. The van der Waals surface area contributed by atoms with E-state index >= 15 is 0 Å². The van der Waals surface area contributed by atoms with Crippen molar-refractivity contribution >= 4 is 22.4 Å². The predicted octanol–water partition coefficient (Wildman–Crippen LogP) is 1.06. The molecule has 1 saturated heterocycles. The molecule has 0 spiro atoms. The highest BCUT2D eigenvalue weighted by Gasteiger charge is 2.36. The van der Waals surface area contributed by atoms with E-state index in [9.17, 15) is 14.1 Å². The molecule has 2 fully saturated rings. The summed E-state index contributed by atoms with van der Waals surface area (Å²) in [6.07, 6.45) is 3.11. The van der Waals surface area contributed by atoms with Gasteiger partial charge in [-0.3, -0.25) is 9.69 Å². The fourth-order valence-electron chi connectivity index (χ4n) is 2.02. The van der Waals surface area contributed by atoms with E-state index in [2.05, 4.69) is 0 Å². The maximum Gasteiger partial charge on any atom is 0.429 e. The fraction of sp³-hybridized carbons (Fsp3) is 0.818. The van der Waals surface area contributed by atoms with E-state index in [4.69, 9.17) is 5.11 Å². The number of piperidine rings is 1. The molecule has 0 aromatic carbocycles. The Morgan fingerprint density at radius 2 is 1.82 bits per heavy atom. The zero-order chi connectivity index (χ0) is 12.4. The van der Waals surface area contributed by atoms with Gasteiger partial charge in [0.2, 0.25) is 0 Å². The molecule has 1 unspecified atom stereocenters. The molecule has 1 aliphatic carbocycles. The summed E-state index contributed by atoms with van der Waals surface area (Å²) in [7, 11) is 0. The lowest BCUT2D eigenvalue weighted by atomic mass is 9.98. The van der Waals surface area contributed by atoms with Crippen molar-refractivity contribution in [3.05, 3.63) is 0 Å². The summed E-state index contributed by atoms with van der Waals surface area (Å²) in [5.41, 5.74) is 0. The van der Waals surface area contributed by atoms with Crippen LogP contribution in [0.4, 0.5) is 4.79 Å². The number of carboxylic acids is 1. The van der Waals surface area contributed by atoms with Crippen LogP contribution in [0.2, 0.25) is 0 Å². The first kappa shape index (κ1) is 12.7. The first-order valence-corrected chi connectivity index (χ1v) is 7.30. The summed E-state index contributed by atoms with van der Waals surface area (Å²) >= 11 is -1.41. The van der Waals surface area contributed by atoms with Crippen molar-refractivity contribution in [2.24, 2.45) is 11.8 Å². The van der Waals surface area contributed by atoms with E-state index < -0.39 is 17.1 Å². The van der Waals surface area contributed by atoms with Crippen molar-refractivity contribution in [3.63, 3.8) is 0 Å². The van der Waals surface area contributed by atoms with E-state index in [0.29, 0.717) is 37.6 Å². The maximum absolute atomic E-state index is 11.8. The van der Waals surface area contributed by atoms with Gasteiger partial charge in [0.05, 0.1) is 5.92 Å². The van der Waals surface area contributed by atoms with Gasteiger partial charge in [0.15, 0.2) is 0 Å². The van der Waals surface area contributed by atoms with Crippen molar-refractivity contribution in [3.8, 4) is 0 Å². The van der Waals surface area contributed by atoms with Crippen molar-refractivity contribution in [1.82, 2.24) is 4.90 Å².